The smallest absolute Gasteiger partial charge is 0.222 e. The van der Waals surface area contributed by atoms with E-state index in [2.05, 4.69) is 0 Å². The van der Waals surface area contributed by atoms with Gasteiger partial charge in [-0.3, -0.25) is 4.79 Å². The van der Waals surface area contributed by atoms with Crippen molar-refractivity contribution in [1.82, 2.24) is 4.90 Å². The number of aliphatic hydroxyl groups excluding tert-OH is 2. The highest BCUT2D eigenvalue weighted by molar-refractivity contribution is 5.76. The van der Waals surface area contributed by atoms with Gasteiger partial charge in [0.05, 0.1) is 6.10 Å². The third kappa shape index (κ3) is 4.18. The van der Waals surface area contributed by atoms with Crippen LogP contribution in [-0.2, 0) is 4.79 Å². The summed E-state index contributed by atoms with van der Waals surface area (Å²) in [6.07, 6.45) is 2.52. The monoisotopic (exact) mass is 215 g/mol. The lowest BCUT2D eigenvalue weighted by molar-refractivity contribution is -0.133. The molecule has 0 bridgehead atoms. The summed E-state index contributed by atoms with van der Waals surface area (Å²) in [5.74, 6) is 0.350. The van der Waals surface area contributed by atoms with Crippen molar-refractivity contribution in [3.63, 3.8) is 0 Å². The van der Waals surface area contributed by atoms with Crippen LogP contribution in [0.2, 0.25) is 0 Å². The Labute approximate surface area is 90.9 Å². The molecule has 0 saturated carbocycles. The molecule has 1 aliphatic rings. The maximum absolute atomic E-state index is 11.7. The number of carbonyl (C=O) groups excluding carboxylic acids is 1. The number of piperidine rings is 1. The second-order valence-electron chi connectivity index (χ2n) is 4.42. The summed E-state index contributed by atoms with van der Waals surface area (Å²) in [5, 5.41) is 18.1. The standard InChI is InChI=1S/C11H21NO3/c1-9(14)4-5-11(15)12-6-2-3-10(7-12)8-13/h9-10,13-14H,2-8H2,1H3. The van der Waals surface area contributed by atoms with Gasteiger partial charge < -0.3 is 15.1 Å². The first-order chi connectivity index (χ1) is 7.13. The van der Waals surface area contributed by atoms with Gasteiger partial charge in [-0.2, -0.15) is 0 Å². The molecule has 1 saturated heterocycles. The normalized spacial score (nSPS) is 23.9. The molecule has 2 N–H and O–H groups in total. The quantitative estimate of drug-likeness (QED) is 0.712. The average Bonchev–Trinajstić information content (AvgIpc) is 2.26. The van der Waals surface area contributed by atoms with E-state index in [0.717, 1.165) is 19.4 Å². The van der Waals surface area contributed by atoms with Crippen molar-refractivity contribution in [1.29, 1.82) is 0 Å². The third-order valence-electron chi connectivity index (χ3n) is 2.91. The van der Waals surface area contributed by atoms with E-state index in [1.54, 1.807) is 6.92 Å². The van der Waals surface area contributed by atoms with Gasteiger partial charge in [0.2, 0.25) is 5.91 Å². The number of nitrogens with zero attached hydrogens (tertiary/aromatic N) is 1. The second kappa shape index (κ2) is 6.08. The van der Waals surface area contributed by atoms with Crippen LogP contribution in [0.25, 0.3) is 0 Å². The Morgan fingerprint density at radius 1 is 1.60 bits per heavy atom. The number of likely N-dealkylation sites (tertiary alicyclic amines) is 1. The molecule has 0 aliphatic carbocycles. The summed E-state index contributed by atoms with van der Waals surface area (Å²) < 4.78 is 0. The van der Waals surface area contributed by atoms with Crippen LogP contribution in [-0.4, -0.2) is 46.8 Å². The van der Waals surface area contributed by atoms with Gasteiger partial charge >= 0.3 is 0 Å². The summed E-state index contributed by atoms with van der Waals surface area (Å²) in [5.41, 5.74) is 0. The molecule has 4 nitrogen and oxygen atoms in total. The minimum Gasteiger partial charge on any atom is -0.396 e. The van der Waals surface area contributed by atoms with E-state index in [1.165, 1.54) is 0 Å². The first kappa shape index (κ1) is 12.5. The van der Waals surface area contributed by atoms with Gasteiger partial charge in [0.15, 0.2) is 0 Å². The van der Waals surface area contributed by atoms with Crippen LogP contribution in [0.3, 0.4) is 0 Å². The molecular weight excluding hydrogens is 194 g/mol. The van der Waals surface area contributed by atoms with Gasteiger partial charge in [-0.15, -0.1) is 0 Å². The van der Waals surface area contributed by atoms with Crippen LogP contribution < -0.4 is 0 Å². The fourth-order valence-electron chi connectivity index (χ4n) is 1.93. The molecule has 1 fully saturated rings. The highest BCUT2D eigenvalue weighted by Gasteiger charge is 2.22. The van der Waals surface area contributed by atoms with Gasteiger partial charge in [-0.05, 0) is 32.1 Å². The van der Waals surface area contributed by atoms with Crippen LogP contribution in [0.1, 0.15) is 32.6 Å². The van der Waals surface area contributed by atoms with Crippen molar-refractivity contribution in [3.05, 3.63) is 0 Å². The van der Waals surface area contributed by atoms with Gasteiger partial charge in [0, 0.05) is 26.1 Å². The molecular formula is C11H21NO3. The summed E-state index contributed by atoms with van der Waals surface area (Å²) >= 11 is 0. The van der Waals surface area contributed by atoms with Crippen LogP contribution >= 0.6 is 0 Å². The SMILES string of the molecule is CC(O)CCC(=O)N1CCCC(CO)C1. The molecule has 4 heteroatoms. The molecule has 0 aromatic rings. The lowest BCUT2D eigenvalue weighted by Crippen LogP contribution is -2.41. The minimum atomic E-state index is -0.410. The zero-order valence-corrected chi connectivity index (χ0v) is 9.35. The van der Waals surface area contributed by atoms with Crippen LogP contribution in [0.5, 0.6) is 0 Å². The van der Waals surface area contributed by atoms with Crippen molar-refractivity contribution in [2.24, 2.45) is 5.92 Å². The van der Waals surface area contributed by atoms with E-state index in [0.29, 0.717) is 19.4 Å². The Bertz CT molecular complexity index is 206. The largest absolute Gasteiger partial charge is 0.396 e. The highest BCUT2D eigenvalue weighted by Crippen LogP contribution is 2.17. The molecule has 15 heavy (non-hydrogen) atoms. The van der Waals surface area contributed by atoms with Gasteiger partial charge in [-0.25, -0.2) is 0 Å². The van der Waals surface area contributed by atoms with E-state index in [-0.39, 0.29) is 18.4 Å². The molecule has 2 atom stereocenters. The zero-order chi connectivity index (χ0) is 11.3. The van der Waals surface area contributed by atoms with Crippen LogP contribution in [0.15, 0.2) is 0 Å². The minimum absolute atomic E-state index is 0.106. The van der Waals surface area contributed by atoms with Crippen molar-refractivity contribution < 1.29 is 15.0 Å². The molecule has 1 aliphatic heterocycles. The first-order valence-electron chi connectivity index (χ1n) is 5.70. The number of rotatable bonds is 4. The van der Waals surface area contributed by atoms with Crippen LogP contribution in [0, 0.1) is 5.92 Å². The fraction of sp³-hybridized carbons (Fsp3) is 0.909. The van der Waals surface area contributed by atoms with Crippen molar-refractivity contribution in [2.75, 3.05) is 19.7 Å². The Balaban J connectivity index is 2.32. The lowest BCUT2D eigenvalue weighted by atomic mass is 9.98. The number of amides is 1. The van der Waals surface area contributed by atoms with Crippen molar-refractivity contribution in [3.8, 4) is 0 Å². The summed E-state index contributed by atoms with van der Waals surface area (Å²) in [6.45, 7) is 3.34. The van der Waals surface area contributed by atoms with Gasteiger partial charge in [-0.1, -0.05) is 0 Å². The fourth-order valence-corrected chi connectivity index (χ4v) is 1.93. The molecule has 0 aromatic heterocycles. The first-order valence-corrected chi connectivity index (χ1v) is 5.70. The molecule has 1 amide bonds. The molecule has 0 radical (unpaired) electrons. The predicted octanol–water partition coefficient (Wildman–Crippen LogP) is 0.378. The van der Waals surface area contributed by atoms with Crippen molar-refractivity contribution in [2.45, 2.75) is 38.7 Å². The topological polar surface area (TPSA) is 60.8 Å². The van der Waals surface area contributed by atoms with E-state index >= 15 is 0 Å². The average molecular weight is 215 g/mol. The lowest BCUT2D eigenvalue weighted by Gasteiger charge is -2.32. The number of hydrogen-bond donors (Lipinski definition) is 2. The van der Waals surface area contributed by atoms with E-state index in [9.17, 15) is 4.79 Å². The molecule has 0 aromatic carbocycles. The zero-order valence-electron chi connectivity index (χ0n) is 9.35. The second-order valence-corrected chi connectivity index (χ2v) is 4.42. The third-order valence-corrected chi connectivity index (χ3v) is 2.91. The van der Waals surface area contributed by atoms with Gasteiger partial charge in [0.1, 0.15) is 0 Å². The van der Waals surface area contributed by atoms with E-state index in [4.69, 9.17) is 10.2 Å². The summed E-state index contributed by atoms with van der Waals surface area (Å²) in [6, 6.07) is 0. The maximum atomic E-state index is 11.7. The Hall–Kier alpha value is -0.610. The van der Waals surface area contributed by atoms with Gasteiger partial charge in [0.25, 0.3) is 0 Å². The molecule has 1 rings (SSSR count). The van der Waals surface area contributed by atoms with E-state index in [1.807, 2.05) is 4.90 Å². The number of carbonyl (C=O) groups is 1. The van der Waals surface area contributed by atoms with Crippen molar-refractivity contribution >= 4 is 5.91 Å². The Morgan fingerprint density at radius 2 is 2.33 bits per heavy atom. The number of hydrogen-bond acceptors (Lipinski definition) is 3. The molecule has 1 heterocycles. The Morgan fingerprint density at radius 3 is 2.93 bits per heavy atom. The highest BCUT2D eigenvalue weighted by atomic mass is 16.3. The molecule has 2 unspecified atom stereocenters. The molecule has 88 valence electrons. The summed E-state index contributed by atoms with van der Waals surface area (Å²) in [7, 11) is 0. The predicted molar refractivity (Wildman–Crippen MR) is 57.3 cm³/mol. The summed E-state index contributed by atoms with van der Waals surface area (Å²) in [4.78, 5) is 13.5. The Kier molecular flexibility index (Phi) is 5.05. The van der Waals surface area contributed by atoms with Crippen LogP contribution in [0.4, 0.5) is 0 Å². The molecule has 0 spiro atoms. The maximum Gasteiger partial charge on any atom is 0.222 e. The van der Waals surface area contributed by atoms with E-state index < -0.39 is 6.10 Å². The number of aliphatic hydroxyl groups is 2.